The Morgan fingerprint density at radius 1 is 0.875 bits per heavy atom. The van der Waals surface area contributed by atoms with Gasteiger partial charge in [-0.2, -0.15) is 0 Å². The second kappa shape index (κ2) is 5.10. The van der Waals surface area contributed by atoms with Crippen molar-refractivity contribution < 1.29 is 0 Å². The molecule has 116 valence electrons. The number of benzene rings is 3. The minimum absolute atomic E-state index is 1.10. The van der Waals surface area contributed by atoms with Gasteiger partial charge in [-0.25, -0.2) is 0 Å². The topological polar surface area (TPSA) is 4.93 Å². The highest BCUT2D eigenvalue weighted by atomic mass is 15.0. The van der Waals surface area contributed by atoms with Crippen molar-refractivity contribution in [3.63, 3.8) is 0 Å². The Kier molecular flexibility index (Phi) is 2.90. The molecule has 0 bridgehead atoms. The van der Waals surface area contributed by atoms with Crippen LogP contribution in [0.15, 0.2) is 66.7 Å². The number of aromatic nitrogens is 1. The Morgan fingerprint density at radius 3 is 2.71 bits per heavy atom. The average Bonchev–Trinajstić information content (AvgIpc) is 2.95. The third kappa shape index (κ3) is 1.88. The first-order valence-corrected chi connectivity index (χ1v) is 8.61. The van der Waals surface area contributed by atoms with Crippen molar-refractivity contribution >= 4 is 27.8 Å². The zero-order chi connectivity index (χ0) is 16.1. The van der Waals surface area contributed by atoms with Crippen LogP contribution in [-0.2, 0) is 6.42 Å². The molecule has 0 atom stereocenters. The fourth-order valence-electron chi connectivity index (χ4n) is 4.01. The molecule has 0 aliphatic heterocycles. The van der Waals surface area contributed by atoms with E-state index in [0.29, 0.717) is 0 Å². The summed E-state index contributed by atoms with van der Waals surface area (Å²) in [5.41, 5.74) is 6.76. The lowest BCUT2D eigenvalue weighted by atomic mass is 10.0. The second-order valence-electron chi connectivity index (χ2n) is 6.66. The zero-order valence-electron chi connectivity index (χ0n) is 13.8. The predicted octanol–water partition coefficient (Wildman–Crippen LogP) is 6.05. The molecule has 1 heteroatoms. The van der Waals surface area contributed by atoms with Gasteiger partial charge in [0.1, 0.15) is 0 Å². The van der Waals surface area contributed by atoms with Crippen molar-refractivity contribution in [1.82, 2.24) is 4.57 Å². The van der Waals surface area contributed by atoms with E-state index in [1.54, 1.807) is 0 Å². The van der Waals surface area contributed by atoms with Crippen LogP contribution in [0, 0.1) is 6.92 Å². The van der Waals surface area contributed by atoms with Gasteiger partial charge in [0.05, 0.1) is 11.2 Å². The Labute approximate surface area is 141 Å². The predicted molar refractivity (Wildman–Crippen MR) is 103 cm³/mol. The molecule has 0 saturated heterocycles. The molecule has 1 heterocycles. The summed E-state index contributed by atoms with van der Waals surface area (Å²) in [4.78, 5) is 0. The van der Waals surface area contributed by atoms with E-state index >= 15 is 0 Å². The van der Waals surface area contributed by atoms with E-state index in [1.165, 1.54) is 44.2 Å². The highest BCUT2D eigenvalue weighted by Gasteiger charge is 2.19. The first-order chi connectivity index (χ1) is 11.8. The summed E-state index contributed by atoms with van der Waals surface area (Å²) >= 11 is 0. The normalized spacial score (nSPS) is 13.5. The maximum absolute atomic E-state index is 2.48. The summed E-state index contributed by atoms with van der Waals surface area (Å²) < 4.78 is 2.48. The molecule has 0 unspecified atom stereocenters. The maximum atomic E-state index is 2.48. The Morgan fingerprint density at radius 2 is 1.75 bits per heavy atom. The van der Waals surface area contributed by atoms with Gasteiger partial charge in [0, 0.05) is 22.0 Å². The number of aryl methyl sites for hydroxylation is 1. The first kappa shape index (κ1) is 13.6. The van der Waals surface area contributed by atoms with Crippen molar-refractivity contribution in [2.24, 2.45) is 0 Å². The molecule has 0 saturated carbocycles. The average molecular weight is 309 g/mol. The molecule has 5 rings (SSSR count). The molecule has 0 fully saturated rings. The van der Waals surface area contributed by atoms with Gasteiger partial charge in [0.2, 0.25) is 0 Å². The van der Waals surface area contributed by atoms with Crippen molar-refractivity contribution in [3.05, 3.63) is 83.6 Å². The van der Waals surface area contributed by atoms with Crippen molar-refractivity contribution in [1.29, 1.82) is 0 Å². The van der Waals surface area contributed by atoms with Gasteiger partial charge in [0.15, 0.2) is 0 Å². The maximum Gasteiger partial charge on any atom is 0.0538 e. The summed E-state index contributed by atoms with van der Waals surface area (Å²) in [5, 5.41) is 3.98. The number of rotatable bonds is 1. The molecule has 0 radical (unpaired) electrons. The van der Waals surface area contributed by atoms with Crippen LogP contribution in [-0.4, -0.2) is 4.57 Å². The van der Waals surface area contributed by atoms with Gasteiger partial charge >= 0.3 is 0 Å². The number of hydrogen-bond acceptors (Lipinski definition) is 0. The van der Waals surface area contributed by atoms with Gasteiger partial charge in [-0.1, -0.05) is 60.2 Å². The van der Waals surface area contributed by atoms with Crippen LogP contribution in [0.25, 0.3) is 33.4 Å². The van der Waals surface area contributed by atoms with Crippen LogP contribution < -0.4 is 0 Å². The quantitative estimate of drug-likeness (QED) is 0.403. The highest BCUT2D eigenvalue weighted by Crippen LogP contribution is 2.36. The van der Waals surface area contributed by atoms with Gasteiger partial charge in [-0.15, -0.1) is 0 Å². The molecular formula is C23H19N. The standard InChI is InChI=1S/C23H19N/c1-16-13-14-23-20(15-16)19-10-4-5-11-22(19)24(23)21-12-6-8-17-7-2-3-9-18(17)21/h2-4,6-10,12-15H,5,11H2,1H3. The lowest BCUT2D eigenvalue weighted by Gasteiger charge is -2.15. The summed E-state index contributed by atoms with van der Waals surface area (Å²) in [5.74, 6) is 0. The monoisotopic (exact) mass is 309 g/mol. The largest absolute Gasteiger partial charge is 0.312 e. The minimum Gasteiger partial charge on any atom is -0.312 e. The highest BCUT2D eigenvalue weighted by molar-refractivity contribution is 5.97. The van der Waals surface area contributed by atoms with E-state index in [-0.39, 0.29) is 0 Å². The van der Waals surface area contributed by atoms with Gasteiger partial charge in [0.25, 0.3) is 0 Å². The van der Waals surface area contributed by atoms with E-state index < -0.39 is 0 Å². The number of fused-ring (bicyclic) bond motifs is 4. The third-order valence-corrected chi connectivity index (χ3v) is 5.10. The molecule has 4 aromatic rings. The number of hydrogen-bond donors (Lipinski definition) is 0. The molecule has 3 aromatic carbocycles. The van der Waals surface area contributed by atoms with Crippen LogP contribution >= 0.6 is 0 Å². The molecule has 0 spiro atoms. The molecule has 1 aromatic heterocycles. The third-order valence-electron chi connectivity index (χ3n) is 5.10. The zero-order valence-corrected chi connectivity index (χ0v) is 13.8. The van der Waals surface area contributed by atoms with Gasteiger partial charge < -0.3 is 4.57 Å². The smallest absolute Gasteiger partial charge is 0.0538 e. The summed E-state index contributed by atoms with van der Waals surface area (Å²) in [6, 6.07) is 22.1. The summed E-state index contributed by atoms with van der Waals surface area (Å²) in [6.45, 7) is 2.17. The molecule has 1 aliphatic rings. The van der Waals surface area contributed by atoms with E-state index in [1.807, 2.05) is 0 Å². The molecule has 0 amide bonds. The summed E-state index contributed by atoms with van der Waals surface area (Å²) in [7, 11) is 0. The van der Waals surface area contributed by atoms with Gasteiger partial charge in [-0.3, -0.25) is 0 Å². The minimum atomic E-state index is 1.10. The lowest BCUT2D eigenvalue weighted by Crippen LogP contribution is -2.03. The Balaban J connectivity index is 1.95. The molecule has 1 nitrogen and oxygen atoms in total. The Bertz CT molecular complexity index is 1110. The molecule has 24 heavy (non-hydrogen) atoms. The van der Waals surface area contributed by atoms with E-state index in [0.717, 1.165) is 12.8 Å². The SMILES string of the molecule is Cc1ccc2c(c1)c1c(n2-c2cccc3ccccc23)CCC=C1. The fourth-order valence-corrected chi connectivity index (χ4v) is 4.01. The van der Waals surface area contributed by atoms with Crippen LogP contribution in [0.1, 0.15) is 23.2 Å². The van der Waals surface area contributed by atoms with Crippen LogP contribution in [0.5, 0.6) is 0 Å². The molecule has 0 N–H and O–H groups in total. The summed E-state index contributed by atoms with van der Waals surface area (Å²) in [6.07, 6.45) is 6.83. The van der Waals surface area contributed by atoms with Crippen LogP contribution in [0.4, 0.5) is 0 Å². The van der Waals surface area contributed by atoms with Gasteiger partial charge in [-0.05, 0) is 43.4 Å². The van der Waals surface area contributed by atoms with E-state index in [2.05, 4.69) is 84.3 Å². The van der Waals surface area contributed by atoms with Crippen LogP contribution in [0.3, 0.4) is 0 Å². The lowest BCUT2D eigenvalue weighted by molar-refractivity contribution is 0.892. The van der Waals surface area contributed by atoms with E-state index in [9.17, 15) is 0 Å². The first-order valence-electron chi connectivity index (χ1n) is 8.61. The van der Waals surface area contributed by atoms with Crippen molar-refractivity contribution in [3.8, 4) is 5.69 Å². The number of nitrogens with zero attached hydrogens (tertiary/aromatic N) is 1. The Hall–Kier alpha value is -2.80. The molecular weight excluding hydrogens is 290 g/mol. The molecule has 1 aliphatic carbocycles. The fraction of sp³-hybridized carbons (Fsp3) is 0.130. The second-order valence-corrected chi connectivity index (χ2v) is 6.66. The number of allylic oxidation sites excluding steroid dienone is 1. The van der Waals surface area contributed by atoms with E-state index in [4.69, 9.17) is 0 Å². The van der Waals surface area contributed by atoms with Crippen molar-refractivity contribution in [2.75, 3.05) is 0 Å². The van der Waals surface area contributed by atoms with Crippen LogP contribution in [0.2, 0.25) is 0 Å². The van der Waals surface area contributed by atoms with Crippen molar-refractivity contribution in [2.45, 2.75) is 19.8 Å².